The average Bonchev–Trinajstić information content (AvgIpc) is 2.81. The third kappa shape index (κ3) is 3.71. The van der Waals surface area contributed by atoms with Crippen LogP contribution < -0.4 is 0 Å². The van der Waals surface area contributed by atoms with Gasteiger partial charge in [-0.15, -0.1) is 0 Å². The molecule has 2 aliphatic rings. The standard InChI is InChI=1S/C19H24N2O5/c1-18(2)8-15-9-19(3,11-18)12-20(15)16(22)10-26-17(23)13-4-6-14(7-5-13)21(24)25/h4-7,15H,8-12H2,1-3H3/t15-,19+/m0/s1. The van der Waals surface area contributed by atoms with Gasteiger partial charge < -0.3 is 9.64 Å². The monoisotopic (exact) mass is 360 g/mol. The minimum Gasteiger partial charge on any atom is -0.452 e. The molecule has 1 saturated heterocycles. The highest BCUT2D eigenvalue weighted by atomic mass is 16.6. The summed E-state index contributed by atoms with van der Waals surface area (Å²) in [6, 6.07) is 5.35. The van der Waals surface area contributed by atoms with E-state index in [1.807, 2.05) is 4.90 Å². The second-order valence-corrected chi connectivity index (χ2v) is 8.62. The lowest BCUT2D eigenvalue weighted by atomic mass is 9.65. The topological polar surface area (TPSA) is 89.8 Å². The molecular weight excluding hydrogens is 336 g/mol. The van der Waals surface area contributed by atoms with Crippen molar-refractivity contribution in [2.24, 2.45) is 10.8 Å². The van der Waals surface area contributed by atoms with Crippen molar-refractivity contribution < 1.29 is 19.2 Å². The highest BCUT2D eigenvalue weighted by Crippen LogP contribution is 2.52. The predicted octanol–water partition coefficient (Wildman–Crippen LogP) is 3.18. The second-order valence-electron chi connectivity index (χ2n) is 8.62. The van der Waals surface area contributed by atoms with Gasteiger partial charge in [0.05, 0.1) is 10.5 Å². The van der Waals surface area contributed by atoms with Gasteiger partial charge in [-0.25, -0.2) is 4.79 Å². The number of non-ortho nitro benzene ring substituents is 1. The Morgan fingerprint density at radius 3 is 2.50 bits per heavy atom. The summed E-state index contributed by atoms with van der Waals surface area (Å²) in [5, 5.41) is 10.6. The fourth-order valence-electron chi connectivity index (χ4n) is 4.76. The molecular formula is C19H24N2O5. The summed E-state index contributed by atoms with van der Waals surface area (Å²) in [5.74, 6) is -0.825. The lowest BCUT2D eigenvalue weighted by Crippen LogP contribution is -2.39. The number of rotatable bonds is 4. The van der Waals surface area contributed by atoms with E-state index in [1.54, 1.807) is 0 Å². The first-order valence-electron chi connectivity index (χ1n) is 8.80. The van der Waals surface area contributed by atoms with Crippen molar-refractivity contribution in [3.05, 3.63) is 39.9 Å². The van der Waals surface area contributed by atoms with E-state index in [9.17, 15) is 19.7 Å². The Bertz CT molecular complexity index is 743. The number of hydrogen-bond donors (Lipinski definition) is 0. The third-order valence-corrected chi connectivity index (χ3v) is 5.38. The molecule has 1 saturated carbocycles. The molecule has 2 bridgehead atoms. The highest BCUT2D eigenvalue weighted by Gasteiger charge is 2.50. The minimum absolute atomic E-state index is 0.0992. The quantitative estimate of drug-likeness (QED) is 0.467. The largest absolute Gasteiger partial charge is 0.452 e. The molecule has 3 rings (SSSR count). The van der Waals surface area contributed by atoms with Crippen LogP contribution in [-0.2, 0) is 9.53 Å². The van der Waals surface area contributed by atoms with Gasteiger partial charge in [0.25, 0.3) is 11.6 Å². The number of amides is 1. The van der Waals surface area contributed by atoms with Crippen LogP contribution in [0.25, 0.3) is 0 Å². The molecule has 0 spiro atoms. The van der Waals surface area contributed by atoms with E-state index in [0.29, 0.717) is 6.54 Å². The van der Waals surface area contributed by atoms with E-state index in [4.69, 9.17) is 4.74 Å². The summed E-state index contributed by atoms with van der Waals surface area (Å²) in [4.78, 5) is 36.6. The summed E-state index contributed by atoms with van der Waals surface area (Å²) in [6.07, 6.45) is 3.05. The molecule has 1 heterocycles. The van der Waals surface area contributed by atoms with Gasteiger partial charge in [0.2, 0.25) is 0 Å². The van der Waals surface area contributed by atoms with Crippen molar-refractivity contribution in [1.82, 2.24) is 4.90 Å². The van der Waals surface area contributed by atoms with E-state index in [-0.39, 0.29) is 40.6 Å². The lowest BCUT2D eigenvalue weighted by Gasteiger charge is -2.39. The molecule has 1 amide bonds. The van der Waals surface area contributed by atoms with Crippen molar-refractivity contribution in [3.63, 3.8) is 0 Å². The van der Waals surface area contributed by atoms with Crippen LogP contribution in [0.3, 0.4) is 0 Å². The zero-order valence-corrected chi connectivity index (χ0v) is 15.4. The number of nitrogens with zero attached hydrogens (tertiary/aromatic N) is 2. The minimum atomic E-state index is -0.651. The SMILES string of the molecule is CC1(C)C[C@H]2C[C@@](C)(CN2C(=O)COC(=O)c2ccc([N+](=O)[O-])cc2)C1. The van der Waals surface area contributed by atoms with Crippen molar-refractivity contribution in [2.75, 3.05) is 13.2 Å². The van der Waals surface area contributed by atoms with Crippen LogP contribution in [0.5, 0.6) is 0 Å². The van der Waals surface area contributed by atoms with Gasteiger partial charge in [0.1, 0.15) is 0 Å². The van der Waals surface area contributed by atoms with E-state index < -0.39 is 10.9 Å². The number of carbonyl (C=O) groups excluding carboxylic acids is 2. The van der Waals surface area contributed by atoms with Gasteiger partial charge in [0.15, 0.2) is 6.61 Å². The zero-order chi connectivity index (χ0) is 19.1. The number of likely N-dealkylation sites (tertiary alicyclic amines) is 1. The Labute approximate surface area is 152 Å². The second kappa shape index (κ2) is 6.37. The van der Waals surface area contributed by atoms with Crippen LogP contribution in [-0.4, -0.2) is 40.9 Å². The van der Waals surface area contributed by atoms with Crippen molar-refractivity contribution in [2.45, 2.75) is 46.1 Å². The maximum absolute atomic E-state index is 12.6. The summed E-state index contributed by atoms with van der Waals surface area (Å²) in [7, 11) is 0. The smallest absolute Gasteiger partial charge is 0.338 e. The van der Waals surface area contributed by atoms with Crippen LogP contribution in [0.15, 0.2) is 24.3 Å². The first-order valence-corrected chi connectivity index (χ1v) is 8.80. The summed E-state index contributed by atoms with van der Waals surface area (Å²) < 4.78 is 5.14. The van der Waals surface area contributed by atoms with E-state index in [1.165, 1.54) is 24.3 Å². The Balaban J connectivity index is 1.59. The van der Waals surface area contributed by atoms with Gasteiger partial charge in [-0.3, -0.25) is 14.9 Å². The molecule has 7 heteroatoms. The molecule has 0 radical (unpaired) electrons. The molecule has 140 valence electrons. The third-order valence-electron chi connectivity index (χ3n) is 5.38. The molecule has 1 aromatic rings. The zero-order valence-electron chi connectivity index (χ0n) is 15.4. The molecule has 0 unspecified atom stereocenters. The van der Waals surface area contributed by atoms with Crippen LogP contribution in [0, 0.1) is 20.9 Å². The Morgan fingerprint density at radius 1 is 1.23 bits per heavy atom. The molecule has 0 aromatic heterocycles. The average molecular weight is 360 g/mol. The first-order chi connectivity index (χ1) is 12.1. The van der Waals surface area contributed by atoms with Crippen LogP contribution in [0.4, 0.5) is 5.69 Å². The normalized spacial score (nSPS) is 26.4. The van der Waals surface area contributed by atoms with Gasteiger partial charge in [-0.05, 0) is 42.2 Å². The Morgan fingerprint density at radius 2 is 1.88 bits per heavy atom. The molecule has 7 nitrogen and oxygen atoms in total. The van der Waals surface area contributed by atoms with Crippen molar-refractivity contribution in [1.29, 1.82) is 0 Å². The molecule has 26 heavy (non-hydrogen) atoms. The summed E-state index contributed by atoms with van der Waals surface area (Å²) >= 11 is 0. The van der Waals surface area contributed by atoms with Gasteiger partial charge in [0, 0.05) is 24.7 Å². The van der Waals surface area contributed by atoms with E-state index >= 15 is 0 Å². The maximum atomic E-state index is 12.6. The molecule has 0 N–H and O–H groups in total. The number of nitro groups is 1. The number of carbonyl (C=O) groups is 2. The maximum Gasteiger partial charge on any atom is 0.338 e. The number of ether oxygens (including phenoxy) is 1. The number of benzene rings is 1. The van der Waals surface area contributed by atoms with Gasteiger partial charge >= 0.3 is 5.97 Å². The Kier molecular flexibility index (Phi) is 4.50. The Hall–Kier alpha value is -2.44. The number of esters is 1. The molecule has 1 aliphatic heterocycles. The lowest BCUT2D eigenvalue weighted by molar-refractivity contribution is -0.384. The van der Waals surface area contributed by atoms with Crippen LogP contribution >= 0.6 is 0 Å². The summed E-state index contributed by atoms with van der Waals surface area (Å²) in [6.45, 7) is 7.09. The molecule has 1 aromatic carbocycles. The van der Waals surface area contributed by atoms with E-state index in [0.717, 1.165) is 19.3 Å². The van der Waals surface area contributed by atoms with Gasteiger partial charge in [-0.2, -0.15) is 0 Å². The highest BCUT2D eigenvalue weighted by molar-refractivity contribution is 5.91. The van der Waals surface area contributed by atoms with Gasteiger partial charge in [-0.1, -0.05) is 20.8 Å². The predicted molar refractivity (Wildman–Crippen MR) is 94.6 cm³/mol. The summed E-state index contributed by atoms with van der Waals surface area (Å²) in [5.41, 5.74) is 0.432. The molecule has 2 atom stereocenters. The fraction of sp³-hybridized carbons (Fsp3) is 0.579. The van der Waals surface area contributed by atoms with Crippen molar-refractivity contribution >= 4 is 17.6 Å². The van der Waals surface area contributed by atoms with Crippen LogP contribution in [0.1, 0.15) is 50.4 Å². The van der Waals surface area contributed by atoms with Crippen LogP contribution in [0.2, 0.25) is 0 Å². The number of nitro benzene ring substituents is 1. The molecule has 1 aliphatic carbocycles. The molecule has 2 fully saturated rings. The van der Waals surface area contributed by atoms with Crippen molar-refractivity contribution in [3.8, 4) is 0 Å². The fourth-order valence-corrected chi connectivity index (χ4v) is 4.76. The number of fused-ring (bicyclic) bond motifs is 2. The number of hydrogen-bond acceptors (Lipinski definition) is 5. The van der Waals surface area contributed by atoms with E-state index in [2.05, 4.69) is 20.8 Å². The first kappa shape index (κ1) is 18.4.